The van der Waals surface area contributed by atoms with E-state index in [1.807, 2.05) is 36.4 Å². The number of fused-ring (bicyclic) bond motifs is 14. The van der Waals surface area contributed by atoms with Crippen LogP contribution in [0.25, 0.3) is 46.1 Å². The lowest BCUT2D eigenvalue weighted by Crippen LogP contribution is -2.07. The van der Waals surface area contributed by atoms with Gasteiger partial charge in [-0.15, -0.1) is 30.6 Å². The number of tetrazole rings is 4. The molecule has 0 saturated heterocycles. The predicted octanol–water partition coefficient (Wildman–Crippen LogP) is 1.14. The van der Waals surface area contributed by atoms with Crippen LogP contribution in [0.4, 0.5) is 0 Å². The lowest BCUT2D eigenvalue weighted by molar-refractivity contribution is 0.461. The normalized spacial score (nSPS) is 14.7. The monoisotopic (exact) mass is 566 g/mol. The van der Waals surface area contributed by atoms with Crippen molar-refractivity contribution in [3.05, 3.63) is 36.4 Å². The van der Waals surface area contributed by atoms with Gasteiger partial charge in [-0.2, -0.15) is 9.59 Å². The quantitative estimate of drug-likeness (QED) is 0.253. The number of rotatable bonds is 0. The maximum absolute atomic E-state index is 4.72. The second-order valence-electron chi connectivity index (χ2n) is 9.81. The third kappa shape index (κ3) is 5.45. The SMILES string of the molecule is c1cc2nc(c1)-c1nnnn1CCCCCn1nnc(n1)-c1cccc(n1)-c1nnnn1CCCCCn1nnc-2n1. The number of aryl methyl sites for hydroxylation is 4. The fraction of sp³-hybridized carbons (Fsp3) is 0.417. The fourth-order valence-corrected chi connectivity index (χ4v) is 4.71. The van der Waals surface area contributed by atoms with Crippen LogP contribution in [-0.4, -0.2) is 90.8 Å². The lowest BCUT2D eigenvalue weighted by atomic mass is 10.2. The zero-order valence-electron chi connectivity index (χ0n) is 22.6. The number of pyridine rings is 2. The summed E-state index contributed by atoms with van der Waals surface area (Å²) in [5.41, 5.74) is 2.51. The Morgan fingerprint density at radius 1 is 0.452 bits per heavy atom. The molecule has 0 aliphatic carbocycles. The molecule has 8 bridgehead atoms. The Morgan fingerprint density at radius 2 is 0.905 bits per heavy atom. The van der Waals surface area contributed by atoms with Gasteiger partial charge in [0, 0.05) is 13.1 Å². The van der Waals surface area contributed by atoms with Crippen LogP contribution in [0.5, 0.6) is 0 Å². The topological polar surface area (TPSA) is 200 Å². The Balaban J connectivity index is 1.13. The predicted molar refractivity (Wildman–Crippen MR) is 143 cm³/mol. The summed E-state index contributed by atoms with van der Waals surface area (Å²) in [6.07, 6.45) is 5.32. The Labute approximate surface area is 238 Å². The summed E-state index contributed by atoms with van der Waals surface area (Å²) in [4.78, 5) is 12.6. The summed E-state index contributed by atoms with van der Waals surface area (Å²) in [5.74, 6) is 2.09. The van der Waals surface area contributed by atoms with Gasteiger partial charge in [0.1, 0.15) is 22.8 Å². The van der Waals surface area contributed by atoms with Crippen LogP contribution >= 0.6 is 0 Å². The molecule has 6 aromatic heterocycles. The minimum atomic E-state index is 0.454. The molecule has 0 radical (unpaired) electrons. The number of hydrogen-bond acceptors (Lipinski definition) is 14. The lowest BCUT2D eigenvalue weighted by Gasteiger charge is -2.06. The van der Waals surface area contributed by atoms with Crippen molar-refractivity contribution >= 4 is 0 Å². The molecule has 0 fully saturated rings. The molecule has 6 aromatic rings. The van der Waals surface area contributed by atoms with Crippen molar-refractivity contribution in [3.8, 4) is 46.1 Å². The average molecular weight is 567 g/mol. The first-order valence-corrected chi connectivity index (χ1v) is 13.8. The highest BCUT2D eigenvalue weighted by atomic mass is 15.6. The van der Waals surface area contributed by atoms with Crippen molar-refractivity contribution in [1.82, 2.24) is 90.8 Å². The van der Waals surface area contributed by atoms with E-state index in [1.165, 1.54) is 0 Å². The second-order valence-corrected chi connectivity index (χ2v) is 9.81. The maximum Gasteiger partial charge on any atom is 0.223 e. The van der Waals surface area contributed by atoms with E-state index in [0.717, 1.165) is 38.5 Å². The summed E-state index contributed by atoms with van der Waals surface area (Å²) in [6.45, 7) is 2.55. The average Bonchev–Trinajstić information content (AvgIpc) is 3.84. The van der Waals surface area contributed by atoms with Gasteiger partial charge in [0.2, 0.25) is 23.3 Å². The number of hydrogen-bond donors (Lipinski definition) is 0. The minimum absolute atomic E-state index is 0.454. The fourth-order valence-electron chi connectivity index (χ4n) is 4.71. The first-order valence-electron chi connectivity index (χ1n) is 13.8. The summed E-state index contributed by atoms with van der Waals surface area (Å²) in [6, 6.07) is 11.2. The van der Waals surface area contributed by atoms with Gasteiger partial charge in [0.15, 0.2) is 0 Å². The molecule has 0 N–H and O–H groups in total. The van der Waals surface area contributed by atoms with Crippen LogP contribution in [0.3, 0.4) is 0 Å². The molecule has 212 valence electrons. The molecule has 0 unspecified atom stereocenters. The molecule has 42 heavy (non-hydrogen) atoms. The van der Waals surface area contributed by atoms with Crippen molar-refractivity contribution in [2.45, 2.75) is 64.7 Å². The Hall–Kier alpha value is -5.42. The zero-order chi connectivity index (χ0) is 28.1. The molecule has 0 amide bonds. The summed E-state index contributed by atoms with van der Waals surface area (Å²) in [5, 5.41) is 50.5. The maximum atomic E-state index is 4.72. The van der Waals surface area contributed by atoms with Crippen LogP contribution in [-0.2, 0) is 26.2 Å². The highest BCUT2D eigenvalue weighted by Gasteiger charge is 2.16. The van der Waals surface area contributed by atoms with Gasteiger partial charge in [-0.1, -0.05) is 12.1 Å². The summed E-state index contributed by atoms with van der Waals surface area (Å²) in [7, 11) is 0. The minimum Gasteiger partial charge on any atom is -0.241 e. The van der Waals surface area contributed by atoms with Gasteiger partial charge < -0.3 is 0 Å². The van der Waals surface area contributed by atoms with Crippen molar-refractivity contribution in [2.24, 2.45) is 0 Å². The molecule has 1 aliphatic heterocycles. The van der Waals surface area contributed by atoms with E-state index in [2.05, 4.69) is 61.9 Å². The molecule has 0 saturated carbocycles. The van der Waals surface area contributed by atoms with E-state index in [9.17, 15) is 0 Å². The van der Waals surface area contributed by atoms with Gasteiger partial charge in [-0.25, -0.2) is 19.3 Å². The molecule has 0 aromatic carbocycles. The largest absolute Gasteiger partial charge is 0.241 e. The third-order valence-electron chi connectivity index (χ3n) is 6.84. The Kier molecular flexibility index (Phi) is 7.05. The molecule has 0 spiro atoms. The molecule has 18 nitrogen and oxygen atoms in total. The molecule has 7 rings (SSSR count). The highest BCUT2D eigenvalue weighted by Crippen LogP contribution is 2.20. The van der Waals surface area contributed by atoms with Crippen molar-refractivity contribution < 1.29 is 0 Å². The second kappa shape index (κ2) is 11.6. The smallest absolute Gasteiger partial charge is 0.223 e. The van der Waals surface area contributed by atoms with Gasteiger partial charge in [0.25, 0.3) is 0 Å². The molecular formula is C24H26N18. The summed E-state index contributed by atoms with van der Waals surface area (Å²) < 4.78 is 3.53. The van der Waals surface area contributed by atoms with E-state index < -0.39 is 0 Å². The van der Waals surface area contributed by atoms with E-state index >= 15 is 0 Å². The van der Waals surface area contributed by atoms with E-state index in [0.29, 0.717) is 72.3 Å². The zero-order valence-corrected chi connectivity index (χ0v) is 22.6. The molecular weight excluding hydrogens is 540 g/mol. The molecule has 18 heteroatoms. The van der Waals surface area contributed by atoms with Crippen LogP contribution in [0, 0.1) is 0 Å². The first kappa shape index (κ1) is 25.5. The Morgan fingerprint density at radius 3 is 1.40 bits per heavy atom. The molecule has 0 atom stereocenters. The van der Waals surface area contributed by atoms with Crippen LogP contribution in [0.1, 0.15) is 38.5 Å². The van der Waals surface area contributed by atoms with Gasteiger partial charge in [-0.3, -0.25) is 0 Å². The standard InChI is InChI=1S/C24H26N18/c1-3-13-39-23(29-33-37-39)19-11-7-10-18(25-19)22-28-36-42(32-22)16-6-2-4-14-40-24(30-34-38-40)20-12-8-9-17(26-20)21-27-35-41(31-21)15-5-1/h7-12H,1-6,13-16H2. The van der Waals surface area contributed by atoms with Gasteiger partial charge in [-0.05, 0) is 94.1 Å². The summed E-state index contributed by atoms with van der Waals surface area (Å²) >= 11 is 0. The van der Waals surface area contributed by atoms with E-state index in [1.54, 1.807) is 19.0 Å². The van der Waals surface area contributed by atoms with Crippen LogP contribution in [0.2, 0.25) is 0 Å². The van der Waals surface area contributed by atoms with Crippen molar-refractivity contribution in [3.63, 3.8) is 0 Å². The first-order chi connectivity index (χ1) is 20.8. The van der Waals surface area contributed by atoms with Crippen molar-refractivity contribution in [1.29, 1.82) is 0 Å². The number of nitrogens with zero attached hydrogens (tertiary/aromatic N) is 18. The van der Waals surface area contributed by atoms with Crippen LogP contribution in [0.15, 0.2) is 36.4 Å². The van der Waals surface area contributed by atoms with Gasteiger partial charge in [0.05, 0.1) is 13.1 Å². The number of aromatic nitrogens is 18. The highest BCUT2D eigenvalue weighted by molar-refractivity contribution is 5.57. The van der Waals surface area contributed by atoms with Crippen LogP contribution < -0.4 is 0 Å². The third-order valence-corrected chi connectivity index (χ3v) is 6.84. The molecule has 7 heterocycles. The van der Waals surface area contributed by atoms with E-state index in [-0.39, 0.29) is 0 Å². The van der Waals surface area contributed by atoms with Gasteiger partial charge >= 0.3 is 0 Å². The molecule has 1 aliphatic rings. The van der Waals surface area contributed by atoms with Crippen molar-refractivity contribution in [2.75, 3.05) is 0 Å². The Bertz CT molecular complexity index is 1650. The van der Waals surface area contributed by atoms with E-state index in [4.69, 9.17) is 9.97 Å².